The minimum Gasteiger partial charge on any atom is -0.365 e. The van der Waals surface area contributed by atoms with E-state index in [0.717, 1.165) is 36.4 Å². The summed E-state index contributed by atoms with van der Waals surface area (Å²) in [6.07, 6.45) is 2.59. The van der Waals surface area contributed by atoms with Crippen molar-refractivity contribution < 1.29 is 18.0 Å². The van der Waals surface area contributed by atoms with Crippen molar-refractivity contribution in [2.75, 3.05) is 25.0 Å². The number of hydrogen-bond donors (Lipinski definition) is 2. The van der Waals surface area contributed by atoms with Gasteiger partial charge in [-0.2, -0.15) is 4.31 Å². The summed E-state index contributed by atoms with van der Waals surface area (Å²) in [5, 5.41) is 3.29. The smallest absolute Gasteiger partial charge is 0.256 e. The van der Waals surface area contributed by atoms with E-state index in [1.807, 2.05) is 0 Å². The molecule has 0 aliphatic carbocycles. The van der Waals surface area contributed by atoms with Gasteiger partial charge in [-0.3, -0.25) is 14.5 Å². The van der Waals surface area contributed by atoms with Gasteiger partial charge >= 0.3 is 0 Å². The van der Waals surface area contributed by atoms with Crippen molar-refractivity contribution in [3.63, 3.8) is 0 Å². The van der Waals surface area contributed by atoms with E-state index in [1.54, 1.807) is 0 Å². The van der Waals surface area contributed by atoms with Gasteiger partial charge in [0, 0.05) is 42.7 Å². The first-order valence-corrected chi connectivity index (χ1v) is 13.9. The standard InChI is InChI=1S/C24H32N4O4S2/c1-15(2)27-12-10-19-20(14-27)33-24(21(19)22(25)29)26-23(30)17-6-8-18(9-7-17)34(31,32)28-11-4-5-16(3)13-28/h6-9,15-16H,4-5,10-14H2,1-3H3,(H2,25,29)(H,26,30)/t16-/m0/s1. The first-order valence-electron chi connectivity index (χ1n) is 11.7. The molecule has 0 radical (unpaired) electrons. The van der Waals surface area contributed by atoms with Gasteiger partial charge in [0.25, 0.3) is 11.8 Å². The van der Waals surface area contributed by atoms with Gasteiger partial charge in [0.15, 0.2) is 0 Å². The van der Waals surface area contributed by atoms with E-state index in [4.69, 9.17) is 5.73 Å². The van der Waals surface area contributed by atoms with E-state index in [2.05, 4.69) is 31.0 Å². The average Bonchev–Trinajstić information content (AvgIpc) is 3.16. The number of rotatable bonds is 6. The number of nitrogens with zero attached hydrogens (tertiary/aromatic N) is 2. The van der Waals surface area contributed by atoms with E-state index >= 15 is 0 Å². The maximum atomic E-state index is 13.0. The van der Waals surface area contributed by atoms with Crippen LogP contribution in [0.3, 0.4) is 0 Å². The SMILES string of the molecule is CC(C)N1CCc2c(sc(NC(=O)c3ccc(S(=O)(=O)N4CCC[C@H](C)C4)cc3)c2C(N)=O)C1. The minimum absolute atomic E-state index is 0.177. The highest BCUT2D eigenvalue weighted by molar-refractivity contribution is 7.89. The number of thiophene rings is 1. The quantitative estimate of drug-likeness (QED) is 0.627. The lowest BCUT2D eigenvalue weighted by atomic mass is 10.0. The molecule has 0 unspecified atom stereocenters. The number of primary amides is 1. The van der Waals surface area contributed by atoms with Crippen molar-refractivity contribution >= 4 is 38.2 Å². The van der Waals surface area contributed by atoms with Gasteiger partial charge in [-0.05, 0) is 68.9 Å². The van der Waals surface area contributed by atoms with Crippen LogP contribution in [0.2, 0.25) is 0 Å². The van der Waals surface area contributed by atoms with E-state index in [1.165, 1.54) is 39.9 Å². The summed E-state index contributed by atoms with van der Waals surface area (Å²) in [6.45, 7) is 8.90. The van der Waals surface area contributed by atoms with Crippen LogP contribution in [0.5, 0.6) is 0 Å². The van der Waals surface area contributed by atoms with Crippen molar-refractivity contribution in [2.45, 2.75) is 57.5 Å². The third-order valence-electron chi connectivity index (χ3n) is 6.66. The molecular weight excluding hydrogens is 472 g/mol. The minimum atomic E-state index is -3.59. The lowest BCUT2D eigenvalue weighted by Gasteiger charge is -2.30. The van der Waals surface area contributed by atoms with Crippen molar-refractivity contribution in [3.05, 3.63) is 45.8 Å². The molecule has 1 fully saturated rings. The van der Waals surface area contributed by atoms with Crippen molar-refractivity contribution in [1.82, 2.24) is 9.21 Å². The van der Waals surface area contributed by atoms with Crippen LogP contribution in [0.15, 0.2) is 29.2 Å². The predicted octanol–water partition coefficient (Wildman–Crippen LogP) is 3.29. The fraction of sp³-hybridized carbons (Fsp3) is 0.500. The van der Waals surface area contributed by atoms with Crippen molar-refractivity contribution in [3.8, 4) is 0 Å². The van der Waals surface area contributed by atoms with Crippen LogP contribution >= 0.6 is 11.3 Å². The normalized spacial score (nSPS) is 19.7. The zero-order valence-corrected chi connectivity index (χ0v) is 21.5. The number of nitrogens with two attached hydrogens (primary N) is 1. The fourth-order valence-corrected chi connectivity index (χ4v) is 7.55. The number of anilines is 1. The Morgan fingerprint density at radius 3 is 2.50 bits per heavy atom. The molecule has 2 aliphatic heterocycles. The zero-order chi connectivity index (χ0) is 24.6. The monoisotopic (exact) mass is 504 g/mol. The van der Waals surface area contributed by atoms with Gasteiger partial charge in [0.2, 0.25) is 10.0 Å². The third kappa shape index (κ3) is 4.91. The van der Waals surface area contributed by atoms with Gasteiger partial charge in [-0.15, -0.1) is 11.3 Å². The molecule has 3 N–H and O–H groups in total. The molecule has 2 aromatic rings. The lowest BCUT2D eigenvalue weighted by molar-refractivity contribution is 0.0999. The van der Waals surface area contributed by atoms with Gasteiger partial charge in [-0.1, -0.05) is 6.92 Å². The molecule has 1 aromatic heterocycles. The molecule has 1 aromatic carbocycles. The zero-order valence-electron chi connectivity index (χ0n) is 19.8. The molecule has 3 heterocycles. The van der Waals surface area contributed by atoms with Crippen LogP contribution in [0.4, 0.5) is 5.00 Å². The molecule has 0 spiro atoms. The van der Waals surface area contributed by atoms with Crippen LogP contribution in [0.25, 0.3) is 0 Å². The molecule has 8 nitrogen and oxygen atoms in total. The molecule has 1 atom stereocenters. The number of sulfonamides is 1. The van der Waals surface area contributed by atoms with Crippen LogP contribution in [0, 0.1) is 5.92 Å². The maximum Gasteiger partial charge on any atom is 0.256 e. The van der Waals surface area contributed by atoms with Gasteiger partial charge < -0.3 is 11.1 Å². The number of fused-ring (bicyclic) bond motifs is 1. The summed E-state index contributed by atoms with van der Waals surface area (Å²) in [7, 11) is -3.59. The molecule has 184 valence electrons. The maximum absolute atomic E-state index is 13.0. The second-order valence-corrected chi connectivity index (χ2v) is 12.5. The lowest BCUT2D eigenvalue weighted by Crippen LogP contribution is -2.39. The summed E-state index contributed by atoms with van der Waals surface area (Å²) in [5.74, 6) is -0.627. The number of amides is 2. The summed E-state index contributed by atoms with van der Waals surface area (Å²) in [5.41, 5.74) is 7.29. The average molecular weight is 505 g/mol. The van der Waals surface area contributed by atoms with Gasteiger partial charge in [0.05, 0.1) is 10.5 Å². The molecule has 0 bridgehead atoms. The number of carbonyl (C=O) groups is 2. The Kier molecular flexibility index (Phi) is 7.14. The molecule has 4 rings (SSSR count). The van der Waals surface area contributed by atoms with E-state index < -0.39 is 21.8 Å². The summed E-state index contributed by atoms with van der Waals surface area (Å²) in [4.78, 5) is 28.7. The largest absolute Gasteiger partial charge is 0.365 e. The van der Waals surface area contributed by atoms with Crippen molar-refractivity contribution in [1.29, 1.82) is 0 Å². The number of nitrogens with one attached hydrogen (secondary N) is 1. The van der Waals surface area contributed by atoms with Crippen LogP contribution in [-0.4, -0.2) is 55.1 Å². The van der Waals surface area contributed by atoms with Gasteiger partial charge in [0.1, 0.15) is 5.00 Å². The summed E-state index contributed by atoms with van der Waals surface area (Å²) >= 11 is 1.38. The Morgan fingerprint density at radius 2 is 1.88 bits per heavy atom. The Bertz CT molecular complexity index is 1190. The molecule has 2 amide bonds. The third-order valence-corrected chi connectivity index (χ3v) is 9.68. The number of piperidine rings is 1. The van der Waals surface area contributed by atoms with Crippen LogP contribution in [-0.2, 0) is 23.0 Å². The number of carbonyl (C=O) groups excluding carboxylic acids is 2. The highest BCUT2D eigenvalue weighted by Crippen LogP contribution is 2.37. The van der Waals surface area contributed by atoms with Crippen molar-refractivity contribution in [2.24, 2.45) is 11.7 Å². The van der Waals surface area contributed by atoms with E-state index in [-0.39, 0.29) is 4.90 Å². The first kappa shape index (κ1) is 24.8. The van der Waals surface area contributed by atoms with Gasteiger partial charge in [-0.25, -0.2) is 8.42 Å². The Labute approximate surface area is 205 Å². The van der Waals surface area contributed by atoms with E-state index in [9.17, 15) is 18.0 Å². The molecule has 34 heavy (non-hydrogen) atoms. The summed E-state index contributed by atoms with van der Waals surface area (Å²) in [6, 6.07) is 6.34. The molecule has 0 saturated carbocycles. The predicted molar refractivity (Wildman–Crippen MR) is 134 cm³/mol. The Morgan fingerprint density at radius 1 is 1.18 bits per heavy atom. The number of hydrogen-bond acceptors (Lipinski definition) is 6. The second-order valence-electron chi connectivity index (χ2n) is 9.48. The highest BCUT2D eigenvalue weighted by Gasteiger charge is 2.30. The summed E-state index contributed by atoms with van der Waals surface area (Å²) < 4.78 is 27.5. The fourth-order valence-electron chi connectivity index (χ4n) is 4.68. The topological polar surface area (TPSA) is 113 Å². The number of benzene rings is 1. The molecule has 1 saturated heterocycles. The molecular formula is C24H32N4O4S2. The van der Waals surface area contributed by atoms with E-state index in [0.29, 0.717) is 47.6 Å². The Balaban J connectivity index is 1.53. The second kappa shape index (κ2) is 9.77. The van der Waals surface area contributed by atoms with Crippen LogP contribution < -0.4 is 11.1 Å². The Hall–Kier alpha value is -2.27. The molecule has 2 aliphatic rings. The van der Waals surface area contributed by atoms with Crippen LogP contribution in [0.1, 0.15) is 64.8 Å². The first-order chi connectivity index (χ1) is 16.1. The molecule has 10 heteroatoms. The highest BCUT2D eigenvalue weighted by atomic mass is 32.2.